The van der Waals surface area contributed by atoms with Crippen molar-refractivity contribution in [1.29, 1.82) is 0 Å². The van der Waals surface area contributed by atoms with Crippen LogP contribution >= 0.6 is 11.6 Å². The summed E-state index contributed by atoms with van der Waals surface area (Å²) in [5, 5.41) is 4.21. The molecule has 1 nitrogen and oxygen atoms in total. The van der Waals surface area contributed by atoms with Crippen LogP contribution in [-0.4, -0.2) is 13.1 Å². The molecule has 0 spiro atoms. The molecule has 1 aromatic rings. The van der Waals surface area contributed by atoms with Crippen molar-refractivity contribution >= 4 is 11.6 Å². The summed E-state index contributed by atoms with van der Waals surface area (Å²) in [5.74, 6) is 0. The van der Waals surface area contributed by atoms with Gasteiger partial charge in [0.25, 0.3) is 0 Å². The standard InChI is InChI=1S/C11H14ClN/c1-11(6-7-13-8-11)9-2-4-10(12)5-3-9/h2-5,13H,6-8H2,1H3. The largest absolute Gasteiger partial charge is 0.316 e. The summed E-state index contributed by atoms with van der Waals surface area (Å²) < 4.78 is 0. The number of nitrogens with one attached hydrogen (secondary N) is 1. The molecule has 0 aromatic heterocycles. The lowest BCUT2D eigenvalue weighted by molar-refractivity contribution is 0.525. The lowest BCUT2D eigenvalue weighted by Gasteiger charge is -2.23. The monoisotopic (exact) mass is 195 g/mol. The number of rotatable bonds is 1. The smallest absolute Gasteiger partial charge is 0.0406 e. The van der Waals surface area contributed by atoms with Crippen LogP contribution < -0.4 is 5.32 Å². The third-order valence-electron chi connectivity index (χ3n) is 2.91. The Kier molecular flexibility index (Phi) is 2.31. The molecule has 0 aliphatic carbocycles. The maximum Gasteiger partial charge on any atom is 0.0406 e. The Morgan fingerprint density at radius 2 is 2.00 bits per heavy atom. The van der Waals surface area contributed by atoms with Crippen LogP contribution in [0.15, 0.2) is 24.3 Å². The maximum atomic E-state index is 5.85. The van der Waals surface area contributed by atoms with Crippen LogP contribution in [0.4, 0.5) is 0 Å². The maximum absolute atomic E-state index is 5.85. The molecule has 1 N–H and O–H groups in total. The zero-order valence-corrected chi connectivity index (χ0v) is 8.56. The highest BCUT2D eigenvalue weighted by Crippen LogP contribution is 2.30. The molecule has 0 radical (unpaired) electrons. The van der Waals surface area contributed by atoms with Crippen molar-refractivity contribution in [3.63, 3.8) is 0 Å². The van der Waals surface area contributed by atoms with Crippen molar-refractivity contribution in [2.24, 2.45) is 0 Å². The first-order valence-corrected chi connectivity index (χ1v) is 5.05. The van der Waals surface area contributed by atoms with Gasteiger partial charge in [-0.25, -0.2) is 0 Å². The lowest BCUT2D eigenvalue weighted by Crippen LogP contribution is -2.24. The number of halogens is 1. The highest BCUT2D eigenvalue weighted by Gasteiger charge is 2.29. The summed E-state index contributed by atoms with van der Waals surface area (Å²) >= 11 is 5.85. The molecule has 2 rings (SSSR count). The van der Waals surface area contributed by atoms with Gasteiger partial charge >= 0.3 is 0 Å². The zero-order valence-electron chi connectivity index (χ0n) is 7.81. The van der Waals surface area contributed by atoms with Crippen LogP contribution in [0, 0.1) is 0 Å². The average molecular weight is 196 g/mol. The fourth-order valence-corrected chi connectivity index (χ4v) is 2.04. The van der Waals surface area contributed by atoms with Crippen LogP contribution in [0.25, 0.3) is 0 Å². The summed E-state index contributed by atoms with van der Waals surface area (Å²) in [6, 6.07) is 8.21. The molecule has 1 aliphatic heterocycles. The van der Waals surface area contributed by atoms with Crippen molar-refractivity contribution in [2.45, 2.75) is 18.8 Å². The van der Waals surface area contributed by atoms with Crippen molar-refractivity contribution in [3.05, 3.63) is 34.9 Å². The van der Waals surface area contributed by atoms with E-state index in [9.17, 15) is 0 Å². The first kappa shape index (κ1) is 9.04. The van der Waals surface area contributed by atoms with Crippen LogP contribution in [0.1, 0.15) is 18.9 Å². The van der Waals surface area contributed by atoms with E-state index in [1.807, 2.05) is 12.1 Å². The number of hydrogen-bond donors (Lipinski definition) is 1. The van der Waals surface area contributed by atoms with E-state index in [2.05, 4.69) is 24.4 Å². The Morgan fingerprint density at radius 1 is 1.31 bits per heavy atom. The molecule has 1 fully saturated rings. The highest BCUT2D eigenvalue weighted by molar-refractivity contribution is 6.30. The summed E-state index contributed by atoms with van der Waals surface area (Å²) in [5.41, 5.74) is 1.70. The van der Waals surface area contributed by atoms with E-state index in [4.69, 9.17) is 11.6 Å². The van der Waals surface area contributed by atoms with E-state index in [0.717, 1.165) is 18.1 Å². The summed E-state index contributed by atoms with van der Waals surface area (Å²) in [7, 11) is 0. The molecule has 0 bridgehead atoms. The minimum absolute atomic E-state index is 0.310. The second-order valence-electron chi connectivity index (χ2n) is 3.99. The summed E-state index contributed by atoms with van der Waals surface area (Å²) in [4.78, 5) is 0. The second-order valence-corrected chi connectivity index (χ2v) is 4.43. The SMILES string of the molecule is CC1(c2ccc(Cl)cc2)CCNC1. The van der Waals surface area contributed by atoms with E-state index >= 15 is 0 Å². The normalized spacial score (nSPS) is 27.8. The molecule has 70 valence electrons. The lowest BCUT2D eigenvalue weighted by atomic mass is 9.82. The molecule has 2 heteroatoms. The van der Waals surface area contributed by atoms with Crippen LogP contribution in [0.2, 0.25) is 5.02 Å². The van der Waals surface area contributed by atoms with Crippen molar-refractivity contribution in [2.75, 3.05) is 13.1 Å². The highest BCUT2D eigenvalue weighted by atomic mass is 35.5. The molecule has 0 amide bonds. The third kappa shape index (κ3) is 1.72. The van der Waals surface area contributed by atoms with Crippen molar-refractivity contribution in [1.82, 2.24) is 5.32 Å². The molecule has 1 saturated heterocycles. The van der Waals surface area contributed by atoms with Gasteiger partial charge in [0.1, 0.15) is 0 Å². The van der Waals surface area contributed by atoms with Gasteiger partial charge in [-0.3, -0.25) is 0 Å². The quantitative estimate of drug-likeness (QED) is 0.727. The molecule has 1 aromatic carbocycles. The van der Waals surface area contributed by atoms with Gasteiger partial charge in [-0.2, -0.15) is 0 Å². The first-order valence-electron chi connectivity index (χ1n) is 4.67. The fourth-order valence-electron chi connectivity index (χ4n) is 1.92. The van der Waals surface area contributed by atoms with Gasteiger partial charge < -0.3 is 5.32 Å². The van der Waals surface area contributed by atoms with E-state index in [1.165, 1.54) is 12.0 Å². The molecule has 1 unspecified atom stereocenters. The molecular weight excluding hydrogens is 182 g/mol. The Morgan fingerprint density at radius 3 is 2.54 bits per heavy atom. The minimum atomic E-state index is 0.310. The Balaban J connectivity index is 2.29. The third-order valence-corrected chi connectivity index (χ3v) is 3.16. The average Bonchev–Trinajstić information content (AvgIpc) is 2.54. The van der Waals surface area contributed by atoms with E-state index < -0.39 is 0 Å². The van der Waals surface area contributed by atoms with Crippen LogP contribution in [-0.2, 0) is 5.41 Å². The van der Waals surface area contributed by atoms with Gasteiger partial charge in [-0.1, -0.05) is 30.7 Å². The Hall–Kier alpha value is -0.530. The molecule has 1 atom stereocenters. The predicted octanol–water partition coefficient (Wildman–Crippen LogP) is 2.59. The second kappa shape index (κ2) is 3.32. The number of benzene rings is 1. The van der Waals surface area contributed by atoms with Gasteiger partial charge in [-0.05, 0) is 30.7 Å². The fraction of sp³-hybridized carbons (Fsp3) is 0.455. The zero-order chi connectivity index (χ0) is 9.31. The molecule has 1 aliphatic rings. The summed E-state index contributed by atoms with van der Waals surface area (Å²) in [6.45, 7) is 4.50. The van der Waals surface area contributed by atoms with Gasteiger partial charge in [0.15, 0.2) is 0 Å². The van der Waals surface area contributed by atoms with Crippen LogP contribution in [0.5, 0.6) is 0 Å². The Bertz CT molecular complexity index is 285. The predicted molar refractivity (Wildman–Crippen MR) is 56.3 cm³/mol. The van der Waals surface area contributed by atoms with Gasteiger partial charge in [0.05, 0.1) is 0 Å². The van der Waals surface area contributed by atoms with Crippen LogP contribution in [0.3, 0.4) is 0 Å². The minimum Gasteiger partial charge on any atom is -0.316 e. The molecule has 1 heterocycles. The van der Waals surface area contributed by atoms with Gasteiger partial charge in [0.2, 0.25) is 0 Å². The molecular formula is C11H14ClN. The Labute approximate surface area is 84.1 Å². The molecule has 13 heavy (non-hydrogen) atoms. The molecule has 0 saturated carbocycles. The van der Waals surface area contributed by atoms with Crippen molar-refractivity contribution in [3.8, 4) is 0 Å². The van der Waals surface area contributed by atoms with E-state index in [1.54, 1.807) is 0 Å². The topological polar surface area (TPSA) is 12.0 Å². The van der Waals surface area contributed by atoms with Gasteiger partial charge in [-0.15, -0.1) is 0 Å². The van der Waals surface area contributed by atoms with E-state index in [-0.39, 0.29) is 0 Å². The first-order chi connectivity index (χ1) is 6.21. The van der Waals surface area contributed by atoms with Crippen molar-refractivity contribution < 1.29 is 0 Å². The number of hydrogen-bond acceptors (Lipinski definition) is 1. The van der Waals surface area contributed by atoms with Gasteiger partial charge in [0, 0.05) is 17.0 Å². The summed E-state index contributed by atoms with van der Waals surface area (Å²) in [6.07, 6.45) is 1.22. The van der Waals surface area contributed by atoms with E-state index in [0.29, 0.717) is 5.41 Å².